The van der Waals surface area contributed by atoms with Crippen LogP contribution in [-0.4, -0.2) is 55.0 Å². The van der Waals surface area contributed by atoms with Crippen molar-refractivity contribution in [3.05, 3.63) is 65.7 Å². The number of para-hydroxylation sites is 1. The molecule has 4 rings (SSSR count). The van der Waals surface area contributed by atoms with Gasteiger partial charge in [-0.3, -0.25) is 19.3 Å². The van der Waals surface area contributed by atoms with Crippen LogP contribution in [0.2, 0.25) is 0 Å². The largest absolute Gasteiger partial charge is 0.480 e. The summed E-state index contributed by atoms with van der Waals surface area (Å²) < 4.78 is 5.80. The Hall–Kier alpha value is -3.52. The van der Waals surface area contributed by atoms with Crippen LogP contribution >= 0.6 is 0 Å². The van der Waals surface area contributed by atoms with Crippen molar-refractivity contribution in [2.45, 2.75) is 70.8 Å². The number of carboxylic acid groups (broad SMARTS) is 1. The quantitative estimate of drug-likeness (QED) is 0.360. The van der Waals surface area contributed by atoms with Gasteiger partial charge in [-0.05, 0) is 69.1 Å². The lowest BCUT2D eigenvalue weighted by Crippen LogP contribution is -2.54. The Kier molecular flexibility index (Phi) is 9.74. The van der Waals surface area contributed by atoms with Crippen LogP contribution < -0.4 is 10.2 Å². The van der Waals surface area contributed by atoms with Crippen LogP contribution in [0, 0.1) is 10.8 Å². The molecule has 2 aromatic carbocycles. The molecule has 2 amide bonds. The third-order valence-electron chi connectivity index (χ3n) is 8.48. The summed E-state index contributed by atoms with van der Waals surface area (Å²) in [6.45, 7) is 2.12. The number of carboxylic acids is 1. The molecule has 0 aromatic heterocycles. The second-order valence-electron chi connectivity index (χ2n) is 11.3. The van der Waals surface area contributed by atoms with E-state index in [1.165, 1.54) is 4.90 Å². The average molecular weight is 549 g/mol. The van der Waals surface area contributed by atoms with E-state index in [9.17, 15) is 24.3 Å². The van der Waals surface area contributed by atoms with Crippen LogP contribution in [0.25, 0.3) is 0 Å². The molecule has 0 spiro atoms. The lowest BCUT2D eigenvalue weighted by Gasteiger charge is -2.38. The van der Waals surface area contributed by atoms with E-state index in [-0.39, 0.29) is 12.5 Å². The van der Waals surface area contributed by atoms with Gasteiger partial charge in [-0.15, -0.1) is 0 Å². The highest BCUT2D eigenvalue weighted by atomic mass is 16.5. The fraction of sp³-hybridized carbons (Fsp3) is 0.500. The highest BCUT2D eigenvalue weighted by molar-refractivity contribution is 6.03. The number of fused-ring (bicyclic) bond motifs is 1. The van der Waals surface area contributed by atoms with Gasteiger partial charge < -0.3 is 20.0 Å². The first-order chi connectivity index (χ1) is 19.3. The number of amides is 2. The molecule has 8 nitrogen and oxygen atoms in total. The number of aryl methyl sites for hydroxylation is 2. The fourth-order valence-corrected chi connectivity index (χ4v) is 6.36. The topological polar surface area (TPSA) is 113 Å². The first kappa shape index (κ1) is 29.5. The minimum atomic E-state index is -1.12. The number of benzene rings is 2. The third kappa shape index (κ3) is 6.78. The van der Waals surface area contributed by atoms with E-state index in [0.29, 0.717) is 57.2 Å². The van der Waals surface area contributed by atoms with E-state index in [2.05, 4.69) is 5.32 Å². The van der Waals surface area contributed by atoms with E-state index < -0.39 is 35.3 Å². The van der Waals surface area contributed by atoms with E-state index in [0.717, 1.165) is 30.3 Å². The van der Waals surface area contributed by atoms with E-state index in [1.54, 1.807) is 12.1 Å². The van der Waals surface area contributed by atoms with Gasteiger partial charge in [0.25, 0.3) is 0 Å². The van der Waals surface area contributed by atoms with Crippen molar-refractivity contribution in [2.24, 2.45) is 10.8 Å². The van der Waals surface area contributed by atoms with Crippen molar-refractivity contribution in [1.29, 1.82) is 0 Å². The SMILES string of the molecule is CCOC[C@@](C=O)(CCc1ccccc1)CC1(C(=O)N[C@H]2CCc3ccccc3N(CC(=O)O)C2=O)CCCC1. The van der Waals surface area contributed by atoms with Crippen molar-refractivity contribution >= 4 is 29.8 Å². The molecule has 0 unspecified atom stereocenters. The van der Waals surface area contributed by atoms with E-state index >= 15 is 0 Å². The number of carbonyl (C=O) groups is 4. The summed E-state index contributed by atoms with van der Waals surface area (Å²) in [5.74, 6) is -1.77. The molecular weight excluding hydrogens is 508 g/mol. The molecule has 214 valence electrons. The van der Waals surface area contributed by atoms with E-state index in [4.69, 9.17) is 4.74 Å². The van der Waals surface area contributed by atoms with E-state index in [1.807, 2.05) is 49.4 Å². The Balaban J connectivity index is 1.57. The number of nitrogens with one attached hydrogen (secondary N) is 1. The predicted molar refractivity (Wildman–Crippen MR) is 152 cm³/mol. The molecule has 8 heteroatoms. The number of nitrogens with zero attached hydrogens (tertiary/aromatic N) is 1. The molecule has 1 heterocycles. The number of anilines is 1. The maximum atomic E-state index is 14.1. The number of hydrogen-bond acceptors (Lipinski definition) is 5. The highest BCUT2D eigenvalue weighted by Crippen LogP contribution is 2.48. The van der Waals surface area contributed by atoms with Crippen LogP contribution in [0.5, 0.6) is 0 Å². The van der Waals surface area contributed by atoms with Gasteiger partial charge in [0.2, 0.25) is 11.8 Å². The molecular formula is C32H40N2O6. The first-order valence-corrected chi connectivity index (χ1v) is 14.3. The van der Waals surface area contributed by atoms with Crippen LogP contribution in [-0.2, 0) is 36.8 Å². The zero-order valence-corrected chi connectivity index (χ0v) is 23.3. The summed E-state index contributed by atoms with van der Waals surface area (Å²) >= 11 is 0. The summed E-state index contributed by atoms with van der Waals surface area (Å²) in [6.07, 6.45) is 6.47. The lowest BCUT2D eigenvalue weighted by atomic mass is 9.68. The number of aldehydes is 1. The molecule has 1 saturated carbocycles. The van der Waals surface area contributed by atoms with Crippen LogP contribution in [0.15, 0.2) is 54.6 Å². The smallest absolute Gasteiger partial charge is 0.323 e. The van der Waals surface area contributed by atoms with Crippen LogP contribution in [0.3, 0.4) is 0 Å². The molecule has 0 bridgehead atoms. The number of rotatable bonds is 13. The molecule has 40 heavy (non-hydrogen) atoms. The minimum Gasteiger partial charge on any atom is -0.480 e. The Bertz CT molecular complexity index is 1190. The fourth-order valence-electron chi connectivity index (χ4n) is 6.36. The molecule has 2 aliphatic rings. The molecule has 0 radical (unpaired) electrons. The molecule has 2 aromatic rings. The second kappa shape index (κ2) is 13.2. The van der Waals surface area contributed by atoms with Crippen LogP contribution in [0.4, 0.5) is 5.69 Å². The molecule has 1 aliphatic heterocycles. The van der Waals surface area contributed by atoms with Crippen molar-refractivity contribution in [2.75, 3.05) is 24.7 Å². The van der Waals surface area contributed by atoms with Crippen molar-refractivity contribution in [3.63, 3.8) is 0 Å². The maximum Gasteiger partial charge on any atom is 0.323 e. The number of aliphatic carboxylic acids is 1. The van der Waals surface area contributed by atoms with Gasteiger partial charge in [0.1, 0.15) is 18.9 Å². The molecule has 1 aliphatic carbocycles. The number of carbonyl (C=O) groups excluding carboxylic acids is 3. The predicted octanol–water partition coefficient (Wildman–Crippen LogP) is 4.34. The maximum absolute atomic E-state index is 14.1. The molecule has 0 saturated heterocycles. The summed E-state index contributed by atoms with van der Waals surface area (Å²) in [6, 6.07) is 16.4. The van der Waals surface area contributed by atoms with Gasteiger partial charge in [-0.2, -0.15) is 0 Å². The van der Waals surface area contributed by atoms with Crippen LogP contribution in [0.1, 0.15) is 63.0 Å². The standard InChI is InChI=1S/C32H40N2O6/c1-2-40-23-31(22-35,19-16-24-10-4-3-5-11-24)21-32(17-8-9-18-32)30(39)33-26-15-14-25-12-6-7-13-27(25)34(29(26)38)20-28(36)37/h3-7,10-13,22,26H,2,8-9,14-21,23H2,1H3,(H,33,39)(H,36,37)/t26-,31-/m0/s1. The van der Waals surface area contributed by atoms with Gasteiger partial charge >= 0.3 is 5.97 Å². The summed E-state index contributed by atoms with van der Waals surface area (Å²) in [5, 5.41) is 12.5. The summed E-state index contributed by atoms with van der Waals surface area (Å²) in [7, 11) is 0. The zero-order chi connectivity index (χ0) is 28.6. The monoisotopic (exact) mass is 548 g/mol. The Labute approximate surface area is 236 Å². The van der Waals surface area contributed by atoms with Crippen molar-refractivity contribution in [3.8, 4) is 0 Å². The summed E-state index contributed by atoms with van der Waals surface area (Å²) in [4.78, 5) is 53.3. The third-order valence-corrected chi connectivity index (χ3v) is 8.48. The first-order valence-electron chi connectivity index (χ1n) is 14.3. The molecule has 2 atom stereocenters. The molecule has 1 fully saturated rings. The Morgan fingerprint density at radius 2 is 1.82 bits per heavy atom. The minimum absolute atomic E-state index is 0.230. The lowest BCUT2D eigenvalue weighted by molar-refractivity contribution is -0.139. The average Bonchev–Trinajstić information content (AvgIpc) is 3.41. The van der Waals surface area contributed by atoms with Gasteiger partial charge in [0, 0.05) is 12.3 Å². The zero-order valence-electron chi connectivity index (χ0n) is 23.3. The Morgan fingerprint density at radius 3 is 2.50 bits per heavy atom. The van der Waals surface area contributed by atoms with Crippen molar-refractivity contribution < 1.29 is 29.0 Å². The summed E-state index contributed by atoms with van der Waals surface area (Å²) in [5.41, 5.74) is 0.928. The number of hydrogen-bond donors (Lipinski definition) is 2. The van der Waals surface area contributed by atoms with Gasteiger partial charge in [-0.1, -0.05) is 61.4 Å². The van der Waals surface area contributed by atoms with Gasteiger partial charge in [-0.25, -0.2) is 0 Å². The Morgan fingerprint density at radius 1 is 1.12 bits per heavy atom. The van der Waals surface area contributed by atoms with Gasteiger partial charge in [0.15, 0.2) is 0 Å². The van der Waals surface area contributed by atoms with Gasteiger partial charge in [0.05, 0.1) is 17.4 Å². The normalized spacial score (nSPS) is 19.8. The molecule has 2 N–H and O–H groups in total. The number of ether oxygens (including phenoxy) is 1. The second-order valence-corrected chi connectivity index (χ2v) is 11.3. The highest BCUT2D eigenvalue weighted by Gasteiger charge is 2.49. The van der Waals surface area contributed by atoms with Crippen molar-refractivity contribution in [1.82, 2.24) is 5.32 Å².